The quantitative estimate of drug-likeness (QED) is 0.402. The Labute approximate surface area is 225 Å². The number of nitrogens with one attached hydrogen (secondary N) is 1. The maximum Gasteiger partial charge on any atom is 0.244 e. The van der Waals surface area contributed by atoms with Gasteiger partial charge in [-0.25, -0.2) is 8.42 Å². The van der Waals surface area contributed by atoms with Crippen LogP contribution < -0.4 is 9.62 Å². The summed E-state index contributed by atoms with van der Waals surface area (Å²) in [5.74, 6) is -0.599. The van der Waals surface area contributed by atoms with Gasteiger partial charge in [0.25, 0.3) is 0 Å². The van der Waals surface area contributed by atoms with E-state index in [0.717, 1.165) is 52.6 Å². The zero-order valence-electron chi connectivity index (χ0n) is 22.2. The summed E-state index contributed by atoms with van der Waals surface area (Å²) in [5.41, 5.74) is 1.32. The normalized spacial score (nSPS) is 15.1. The van der Waals surface area contributed by atoms with Crippen molar-refractivity contribution in [2.24, 2.45) is 0 Å². The highest BCUT2D eigenvalue weighted by Gasteiger charge is 2.33. The number of hydrogen-bond acceptors (Lipinski definition) is 4. The third kappa shape index (κ3) is 6.72. The van der Waals surface area contributed by atoms with Gasteiger partial charge in [0.15, 0.2) is 0 Å². The number of benzene rings is 3. The van der Waals surface area contributed by atoms with Crippen molar-refractivity contribution in [3.05, 3.63) is 78.4 Å². The lowest BCUT2D eigenvalue weighted by Crippen LogP contribution is -2.53. The number of nitrogens with zero attached hydrogens (tertiary/aromatic N) is 2. The van der Waals surface area contributed by atoms with Gasteiger partial charge in [-0.3, -0.25) is 13.9 Å². The zero-order chi connectivity index (χ0) is 27.1. The number of amides is 2. The third-order valence-corrected chi connectivity index (χ3v) is 8.37. The van der Waals surface area contributed by atoms with Crippen LogP contribution in [0.5, 0.6) is 0 Å². The van der Waals surface area contributed by atoms with E-state index in [1.807, 2.05) is 67.6 Å². The van der Waals surface area contributed by atoms with E-state index in [1.54, 1.807) is 12.1 Å². The molecule has 0 radical (unpaired) electrons. The van der Waals surface area contributed by atoms with Crippen LogP contribution in [0.4, 0.5) is 5.69 Å². The standard InChI is InChI=1S/C30H37N3O4S/c1-3-27(30(35)31-25-17-8-5-9-18-25)32(21-23-13-6-4-7-14-23)29(34)22-33(38(2,36)37)28-20-12-16-24-15-10-11-19-26(24)28/h4,6-7,10-16,19-20,25,27H,3,5,8-9,17-18,21-22H2,1-2H3,(H,31,35)/t27-/m0/s1. The molecule has 8 heteroatoms. The summed E-state index contributed by atoms with van der Waals surface area (Å²) in [4.78, 5) is 29.0. The lowest BCUT2D eigenvalue weighted by molar-refractivity contribution is -0.140. The molecule has 1 saturated carbocycles. The lowest BCUT2D eigenvalue weighted by atomic mass is 9.95. The predicted molar refractivity (Wildman–Crippen MR) is 152 cm³/mol. The first-order chi connectivity index (χ1) is 18.3. The first-order valence-corrected chi connectivity index (χ1v) is 15.2. The number of anilines is 1. The molecule has 0 saturated heterocycles. The van der Waals surface area contributed by atoms with E-state index < -0.39 is 28.5 Å². The van der Waals surface area contributed by atoms with E-state index in [4.69, 9.17) is 0 Å². The molecule has 3 aromatic carbocycles. The summed E-state index contributed by atoms with van der Waals surface area (Å²) in [6, 6.07) is 21.8. The van der Waals surface area contributed by atoms with E-state index in [-0.39, 0.29) is 18.5 Å². The molecule has 202 valence electrons. The van der Waals surface area contributed by atoms with Crippen molar-refractivity contribution in [2.75, 3.05) is 17.1 Å². The molecule has 7 nitrogen and oxygen atoms in total. The second kappa shape index (κ2) is 12.4. The SMILES string of the molecule is CC[C@@H](C(=O)NC1CCCCC1)N(Cc1ccccc1)C(=O)CN(c1cccc2ccccc12)S(C)(=O)=O. The van der Waals surface area contributed by atoms with E-state index in [2.05, 4.69) is 5.32 Å². The van der Waals surface area contributed by atoms with Crippen molar-refractivity contribution in [1.29, 1.82) is 0 Å². The van der Waals surface area contributed by atoms with Gasteiger partial charge in [0, 0.05) is 18.0 Å². The highest BCUT2D eigenvalue weighted by atomic mass is 32.2. The maximum atomic E-state index is 14.0. The van der Waals surface area contributed by atoms with Crippen LogP contribution >= 0.6 is 0 Å². The summed E-state index contributed by atoms with van der Waals surface area (Å²) >= 11 is 0. The minimum absolute atomic E-state index is 0.113. The van der Waals surface area contributed by atoms with Gasteiger partial charge in [0.1, 0.15) is 12.6 Å². The van der Waals surface area contributed by atoms with Gasteiger partial charge < -0.3 is 10.2 Å². The molecule has 1 aliphatic rings. The molecule has 38 heavy (non-hydrogen) atoms. The minimum atomic E-state index is -3.80. The Kier molecular flexibility index (Phi) is 9.05. The van der Waals surface area contributed by atoms with Gasteiger partial charge in [-0.1, -0.05) is 92.9 Å². The number of hydrogen-bond donors (Lipinski definition) is 1. The number of carbonyl (C=O) groups excluding carboxylic acids is 2. The smallest absolute Gasteiger partial charge is 0.244 e. The topological polar surface area (TPSA) is 86.8 Å². The molecular formula is C30H37N3O4S. The first kappa shape index (κ1) is 27.6. The molecular weight excluding hydrogens is 498 g/mol. The second-order valence-corrected chi connectivity index (χ2v) is 11.9. The van der Waals surface area contributed by atoms with Crippen molar-refractivity contribution in [1.82, 2.24) is 10.2 Å². The second-order valence-electron chi connectivity index (χ2n) is 10.0. The van der Waals surface area contributed by atoms with Crippen LogP contribution in [0, 0.1) is 0 Å². The Morgan fingerprint density at radius 1 is 0.921 bits per heavy atom. The van der Waals surface area contributed by atoms with Crippen LogP contribution in [0.1, 0.15) is 51.0 Å². The van der Waals surface area contributed by atoms with Crippen LogP contribution in [0.25, 0.3) is 10.8 Å². The fraction of sp³-hybridized carbons (Fsp3) is 0.400. The molecule has 3 aromatic rings. The number of sulfonamides is 1. The van der Waals surface area contributed by atoms with Gasteiger partial charge in [0.2, 0.25) is 21.8 Å². The molecule has 0 aromatic heterocycles. The molecule has 0 bridgehead atoms. The van der Waals surface area contributed by atoms with Crippen LogP contribution in [-0.4, -0.2) is 50.0 Å². The lowest BCUT2D eigenvalue weighted by Gasteiger charge is -2.34. The summed E-state index contributed by atoms with van der Waals surface area (Å²) in [6.07, 6.45) is 6.76. The Morgan fingerprint density at radius 3 is 2.26 bits per heavy atom. The Bertz CT molecular complexity index is 1350. The molecule has 4 rings (SSSR count). The van der Waals surface area contributed by atoms with Crippen LogP contribution in [0.2, 0.25) is 0 Å². The Hall–Kier alpha value is -3.39. The highest BCUT2D eigenvalue weighted by Crippen LogP contribution is 2.29. The molecule has 0 heterocycles. The van der Waals surface area contributed by atoms with Crippen LogP contribution in [0.15, 0.2) is 72.8 Å². The van der Waals surface area contributed by atoms with Gasteiger partial charge in [-0.2, -0.15) is 0 Å². The van der Waals surface area contributed by atoms with Gasteiger partial charge in [-0.05, 0) is 36.3 Å². The molecule has 0 aliphatic heterocycles. The van der Waals surface area contributed by atoms with Gasteiger partial charge >= 0.3 is 0 Å². The minimum Gasteiger partial charge on any atom is -0.352 e. The zero-order valence-corrected chi connectivity index (χ0v) is 23.0. The van der Waals surface area contributed by atoms with Crippen molar-refractivity contribution in [3.8, 4) is 0 Å². The van der Waals surface area contributed by atoms with Crippen molar-refractivity contribution >= 4 is 38.3 Å². The third-order valence-electron chi connectivity index (χ3n) is 7.25. The van der Waals surface area contributed by atoms with Crippen molar-refractivity contribution in [3.63, 3.8) is 0 Å². The number of carbonyl (C=O) groups is 2. The van der Waals surface area contributed by atoms with Crippen molar-refractivity contribution < 1.29 is 18.0 Å². The van der Waals surface area contributed by atoms with Gasteiger partial charge in [-0.15, -0.1) is 0 Å². The van der Waals surface area contributed by atoms with E-state index in [9.17, 15) is 18.0 Å². The summed E-state index contributed by atoms with van der Waals surface area (Å²) < 4.78 is 27.2. The summed E-state index contributed by atoms with van der Waals surface area (Å²) in [6.45, 7) is 1.70. The van der Waals surface area contributed by atoms with Crippen LogP contribution in [0.3, 0.4) is 0 Å². The first-order valence-electron chi connectivity index (χ1n) is 13.4. The summed E-state index contributed by atoms with van der Waals surface area (Å²) in [7, 11) is -3.80. The molecule has 1 fully saturated rings. The molecule has 1 atom stereocenters. The molecule has 0 unspecified atom stereocenters. The molecule has 0 spiro atoms. The average Bonchev–Trinajstić information content (AvgIpc) is 2.92. The van der Waals surface area contributed by atoms with Crippen molar-refractivity contribution in [2.45, 2.75) is 64.1 Å². The van der Waals surface area contributed by atoms with Crippen LogP contribution in [-0.2, 0) is 26.2 Å². The van der Waals surface area contributed by atoms with Gasteiger partial charge in [0.05, 0.1) is 11.9 Å². The predicted octanol–water partition coefficient (Wildman–Crippen LogP) is 4.86. The largest absolute Gasteiger partial charge is 0.352 e. The fourth-order valence-electron chi connectivity index (χ4n) is 5.26. The van der Waals surface area contributed by atoms with E-state index in [0.29, 0.717) is 12.1 Å². The van der Waals surface area contributed by atoms with E-state index >= 15 is 0 Å². The summed E-state index contributed by atoms with van der Waals surface area (Å²) in [5, 5.41) is 4.79. The Balaban J connectivity index is 1.66. The van der Waals surface area contributed by atoms with E-state index in [1.165, 1.54) is 11.3 Å². The fourth-order valence-corrected chi connectivity index (χ4v) is 6.13. The molecule has 1 aliphatic carbocycles. The molecule has 1 N–H and O–H groups in total. The average molecular weight is 536 g/mol. The molecule has 2 amide bonds. The maximum absolute atomic E-state index is 14.0. The number of fused-ring (bicyclic) bond motifs is 1. The highest BCUT2D eigenvalue weighted by molar-refractivity contribution is 7.92. The monoisotopic (exact) mass is 535 g/mol. The Morgan fingerprint density at radius 2 is 1.58 bits per heavy atom. The number of rotatable bonds is 10.